The van der Waals surface area contributed by atoms with E-state index in [2.05, 4.69) is 10.2 Å². The van der Waals surface area contributed by atoms with Crippen molar-refractivity contribution >= 4 is 34.2 Å². The maximum absolute atomic E-state index is 13.5. The number of rotatable bonds is 5. The van der Waals surface area contributed by atoms with Gasteiger partial charge in [-0.2, -0.15) is 0 Å². The number of benzene rings is 3. The van der Waals surface area contributed by atoms with Crippen LogP contribution in [0.25, 0.3) is 22.4 Å². The lowest BCUT2D eigenvalue weighted by atomic mass is 9.97. The van der Waals surface area contributed by atoms with Crippen molar-refractivity contribution in [3.05, 3.63) is 98.8 Å². The van der Waals surface area contributed by atoms with E-state index in [-0.39, 0.29) is 17.1 Å². The molecule has 0 spiro atoms. The lowest BCUT2D eigenvalue weighted by molar-refractivity contribution is 0.102. The fraction of sp³-hybridized carbons (Fsp3) is 0.185. The third-order valence-electron chi connectivity index (χ3n) is 6.04. The number of nitrogens with zero attached hydrogens (tertiary/aromatic N) is 4. The van der Waals surface area contributed by atoms with Gasteiger partial charge in [0.15, 0.2) is 10.9 Å². The van der Waals surface area contributed by atoms with Crippen LogP contribution in [0.2, 0.25) is 0 Å². The minimum Gasteiger partial charge on any atom is -0.293 e. The zero-order valence-electron chi connectivity index (χ0n) is 19.5. The van der Waals surface area contributed by atoms with Crippen molar-refractivity contribution in [2.75, 3.05) is 5.75 Å². The van der Waals surface area contributed by atoms with Crippen LogP contribution in [0.3, 0.4) is 0 Å². The standard InChI is InChI=1S/C27H24N4O2S/c1-16-13-18(3)24(19(4)14-16)23(32)15-34-27-29-28-26-30(21-11-7-5-9-17(21)2)25(33)20-10-6-8-12-22(20)31(26)27/h5-14H,15H2,1-4H3. The molecule has 5 rings (SSSR count). The van der Waals surface area contributed by atoms with E-state index in [1.54, 1.807) is 4.57 Å². The van der Waals surface area contributed by atoms with E-state index < -0.39 is 0 Å². The number of aryl methyl sites for hydroxylation is 4. The summed E-state index contributed by atoms with van der Waals surface area (Å²) in [5.41, 5.74) is 6.14. The van der Waals surface area contributed by atoms with E-state index in [9.17, 15) is 9.59 Å². The molecule has 6 nitrogen and oxygen atoms in total. The summed E-state index contributed by atoms with van der Waals surface area (Å²) in [6.45, 7) is 7.94. The molecule has 0 saturated carbocycles. The van der Waals surface area contributed by atoms with Gasteiger partial charge in [0.1, 0.15) is 0 Å². The van der Waals surface area contributed by atoms with E-state index in [1.807, 2.05) is 92.8 Å². The van der Waals surface area contributed by atoms with E-state index >= 15 is 0 Å². The SMILES string of the molecule is Cc1cc(C)c(C(=O)CSc2nnc3n(-c4ccccc4C)c(=O)c4ccccc4n23)c(C)c1. The van der Waals surface area contributed by atoms with Crippen LogP contribution < -0.4 is 5.56 Å². The molecule has 0 aliphatic heterocycles. The lowest BCUT2D eigenvalue weighted by Crippen LogP contribution is -2.22. The Hall–Kier alpha value is -3.71. The summed E-state index contributed by atoms with van der Waals surface area (Å²) in [6, 6.07) is 19.2. The molecule has 2 heterocycles. The Morgan fingerprint density at radius 2 is 1.56 bits per heavy atom. The van der Waals surface area contributed by atoms with Crippen molar-refractivity contribution in [2.45, 2.75) is 32.9 Å². The molecule has 0 radical (unpaired) electrons. The molecule has 34 heavy (non-hydrogen) atoms. The highest BCUT2D eigenvalue weighted by atomic mass is 32.2. The molecule has 0 bridgehead atoms. The lowest BCUT2D eigenvalue weighted by Gasteiger charge is -2.13. The molecule has 0 aliphatic carbocycles. The highest BCUT2D eigenvalue weighted by molar-refractivity contribution is 7.99. The molecule has 5 aromatic rings. The van der Waals surface area contributed by atoms with Crippen molar-refractivity contribution in [3.8, 4) is 5.69 Å². The Balaban J connectivity index is 1.64. The zero-order chi connectivity index (χ0) is 24.0. The third-order valence-corrected chi connectivity index (χ3v) is 6.97. The van der Waals surface area contributed by atoms with E-state index in [0.717, 1.165) is 39.0 Å². The number of Topliss-reactive ketones (excluding diaryl/α,β-unsaturated/α-hetero) is 1. The molecular formula is C27H24N4O2S. The number of fused-ring (bicyclic) bond motifs is 3. The fourth-order valence-electron chi connectivity index (χ4n) is 4.63. The Morgan fingerprint density at radius 1 is 0.882 bits per heavy atom. The van der Waals surface area contributed by atoms with Gasteiger partial charge in [0.25, 0.3) is 5.56 Å². The van der Waals surface area contributed by atoms with Crippen LogP contribution in [0.15, 0.2) is 70.6 Å². The first-order valence-electron chi connectivity index (χ1n) is 11.1. The van der Waals surface area contributed by atoms with Gasteiger partial charge in [-0.15, -0.1) is 10.2 Å². The summed E-state index contributed by atoms with van der Waals surface area (Å²) in [7, 11) is 0. The number of para-hydroxylation sites is 2. The fourth-order valence-corrected chi connectivity index (χ4v) is 5.44. The second-order valence-electron chi connectivity index (χ2n) is 8.55. The van der Waals surface area contributed by atoms with Gasteiger partial charge in [0.05, 0.1) is 22.3 Å². The predicted molar refractivity (Wildman–Crippen MR) is 137 cm³/mol. The zero-order valence-corrected chi connectivity index (χ0v) is 20.3. The number of carbonyl (C=O) groups excluding carboxylic acids is 1. The van der Waals surface area contributed by atoms with Gasteiger partial charge in [0, 0.05) is 5.56 Å². The Kier molecular flexibility index (Phi) is 5.57. The largest absolute Gasteiger partial charge is 0.293 e. The minimum atomic E-state index is -0.150. The Morgan fingerprint density at radius 3 is 2.29 bits per heavy atom. The first kappa shape index (κ1) is 22.1. The van der Waals surface area contributed by atoms with Gasteiger partial charge in [-0.3, -0.25) is 14.0 Å². The van der Waals surface area contributed by atoms with Crippen molar-refractivity contribution in [1.82, 2.24) is 19.2 Å². The minimum absolute atomic E-state index is 0.0493. The summed E-state index contributed by atoms with van der Waals surface area (Å²) >= 11 is 1.33. The Bertz CT molecular complexity index is 1630. The van der Waals surface area contributed by atoms with Gasteiger partial charge in [-0.05, 0) is 62.6 Å². The Labute approximate surface area is 201 Å². The molecule has 0 amide bonds. The van der Waals surface area contributed by atoms with Gasteiger partial charge < -0.3 is 0 Å². The molecule has 170 valence electrons. The normalized spacial score (nSPS) is 11.4. The first-order valence-corrected chi connectivity index (χ1v) is 12.0. The van der Waals surface area contributed by atoms with E-state index in [0.29, 0.717) is 16.3 Å². The van der Waals surface area contributed by atoms with Gasteiger partial charge in [0.2, 0.25) is 5.78 Å². The maximum atomic E-state index is 13.5. The van der Waals surface area contributed by atoms with Crippen LogP contribution >= 0.6 is 11.8 Å². The molecule has 0 saturated heterocycles. The summed E-state index contributed by atoms with van der Waals surface area (Å²) < 4.78 is 3.47. The van der Waals surface area contributed by atoms with Crippen LogP contribution in [0.5, 0.6) is 0 Å². The van der Waals surface area contributed by atoms with E-state index in [4.69, 9.17) is 0 Å². The highest BCUT2D eigenvalue weighted by Crippen LogP contribution is 2.26. The van der Waals surface area contributed by atoms with Crippen molar-refractivity contribution in [3.63, 3.8) is 0 Å². The molecule has 0 fully saturated rings. The first-order chi connectivity index (χ1) is 16.4. The van der Waals surface area contributed by atoms with Crippen LogP contribution in [0, 0.1) is 27.7 Å². The number of carbonyl (C=O) groups is 1. The topological polar surface area (TPSA) is 69.3 Å². The molecule has 3 aromatic carbocycles. The molecule has 0 atom stereocenters. The van der Waals surface area contributed by atoms with Crippen molar-refractivity contribution < 1.29 is 4.79 Å². The van der Waals surface area contributed by atoms with Gasteiger partial charge in [-0.1, -0.05) is 59.8 Å². The average Bonchev–Trinajstić information content (AvgIpc) is 3.22. The van der Waals surface area contributed by atoms with Gasteiger partial charge >= 0.3 is 0 Å². The second kappa shape index (κ2) is 8.57. The quantitative estimate of drug-likeness (QED) is 0.261. The monoisotopic (exact) mass is 468 g/mol. The molecular weight excluding hydrogens is 444 g/mol. The van der Waals surface area contributed by atoms with Crippen LogP contribution in [-0.2, 0) is 0 Å². The number of hydrogen-bond donors (Lipinski definition) is 0. The van der Waals surface area contributed by atoms with Gasteiger partial charge in [-0.25, -0.2) is 4.57 Å². The highest BCUT2D eigenvalue weighted by Gasteiger charge is 2.20. The third kappa shape index (κ3) is 3.62. The summed E-state index contributed by atoms with van der Waals surface area (Å²) in [5, 5.41) is 9.92. The molecule has 0 aliphatic rings. The number of ketones is 1. The van der Waals surface area contributed by atoms with Crippen LogP contribution in [-0.4, -0.2) is 30.7 Å². The van der Waals surface area contributed by atoms with Crippen molar-refractivity contribution in [2.24, 2.45) is 0 Å². The molecule has 2 aromatic heterocycles. The number of thioether (sulfide) groups is 1. The molecule has 0 N–H and O–H groups in total. The second-order valence-corrected chi connectivity index (χ2v) is 9.49. The summed E-state index contributed by atoms with van der Waals surface area (Å²) in [4.78, 5) is 26.6. The summed E-state index contributed by atoms with van der Waals surface area (Å²) in [6.07, 6.45) is 0. The summed E-state index contributed by atoms with van der Waals surface area (Å²) in [5.74, 6) is 0.701. The smallest absolute Gasteiger partial charge is 0.267 e. The number of aromatic nitrogens is 4. The van der Waals surface area contributed by atoms with Crippen LogP contribution in [0.1, 0.15) is 32.6 Å². The van der Waals surface area contributed by atoms with Crippen LogP contribution in [0.4, 0.5) is 0 Å². The van der Waals surface area contributed by atoms with E-state index in [1.165, 1.54) is 11.8 Å². The molecule has 0 unspecified atom stereocenters. The average molecular weight is 469 g/mol. The number of hydrogen-bond acceptors (Lipinski definition) is 5. The predicted octanol–water partition coefficient (Wildman–Crippen LogP) is 5.24. The maximum Gasteiger partial charge on any atom is 0.267 e. The van der Waals surface area contributed by atoms with Crippen molar-refractivity contribution in [1.29, 1.82) is 0 Å². The molecule has 7 heteroatoms.